The maximum absolute atomic E-state index is 11.9. The molecule has 0 saturated heterocycles. The van der Waals surface area contributed by atoms with E-state index >= 15 is 0 Å². The summed E-state index contributed by atoms with van der Waals surface area (Å²) in [5.41, 5.74) is -1.32. The number of alkyl halides is 3. The van der Waals surface area contributed by atoms with Gasteiger partial charge in [-0.25, -0.2) is 4.79 Å². The quantitative estimate of drug-likeness (QED) is 0.381. The van der Waals surface area contributed by atoms with E-state index in [1.165, 1.54) is 0 Å². The SMILES string of the molecule is C=C/C(=C\C(=C)C(F)(F)F)N=C=O. The first-order valence-corrected chi connectivity index (χ1v) is 3.10. The number of hydrogen-bond acceptors (Lipinski definition) is 2. The second kappa shape index (κ2) is 4.42. The molecule has 13 heavy (non-hydrogen) atoms. The molecule has 0 fully saturated rings. The molecule has 0 aromatic heterocycles. The van der Waals surface area contributed by atoms with Crippen LogP contribution in [0.3, 0.4) is 0 Å². The number of nitrogens with zero attached hydrogens (tertiary/aromatic N) is 1. The summed E-state index contributed by atoms with van der Waals surface area (Å²) in [6.45, 7) is 5.92. The van der Waals surface area contributed by atoms with Crippen LogP contribution >= 0.6 is 0 Å². The van der Waals surface area contributed by atoms with Gasteiger partial charge in [-0.3, -0.25) is 0 Å². The molecule has 0 aromatic carbocycles. The molecule has 0 aliphatic carbocycles. The van der Waals surface area contributed by atoms with Gasteiger partial charge in [-0.2, -0.15) is 18.2 Å². The van der Waals surface area contributed by atoms with E-state index in [-0.39, 0.29) is 5.70 Å². The van der Waals surface area contributed by atoms with Crippen LogP contribution in [-0.2, 0) is 4.79 Å². The van der Waals surface area contributed by atoms with Gasteiger partial charge in [0.25, 0.3) is 0 Å². The predicted octanol–water partition coefficient (Wildman–Crippen LogP) is 2.51. The van der Waals surface area contributed by atoms with Crippen molar-refractivity contribution >= 4 is 6.08 Å². The Bertz CT molecular complexity index is 295. The van der Waals surface area contributed by atoms with Crippen molar-refractivity contribution < 1.29 is 18.0 Å². The summed E-state index contributed by atoms with van der Waals surface area (Å²) in [7, 11) is 0. The second-order valence-electron chi connectivity index (χ2n) is 2.00. The summed E-state index contributed by atoms with van der Waals surface area (Å²) >= 11 is 0. The molecule has 0 bridgehead atoms. The molecule has 0 aromatic rings. The van der Waals surface area contributed by atoms with E-state index < -0.39 is 11.7 Å². The van der Waals surface area contributed by atoms with E-state index in [4.69, 9.17) is 0 Å². The smallest absolute Gasteiger partial charge is 0.211 e. The topological polar surface area (TPSA) is 29.4 Å². The molecule has 0 aliphatic heterocycles. The van der Waals surface area contributed by atoms with E-state index in [1.807, 2.05) is 0 Å². The summed E-state index contributed by atoms with van der Waals surface area (Å²) in [4.78, 5) is 12.7. The van der Waals surface area contributed by atoms with Gasteiger partial charge in [0.1, 0.15) is 0 Å². The van der Waals surface area contributed by atoms with Crippen molar-refractivity contribution in [2.75, 3.05) is 0 Å². The van der Waals surface area contributed by atoms with E-state index in [2.05, 4.69) is 18.2 Å². The largest absolute Gasteiger partial charge is 0.415 e. The normalized spacial score (nSPS) is 11.8. The summed E-state index contributed by atoms with van der Waals surface area (Å²) in [6.07, 6.45) is -1.81. The summed E-state index contributed by atoms with van der Waals surface area (Å²) in [6, 6.07) is 0. The first kappa shape index (κ1) is 11.4. The van der Waals surface area contributed by atoms with Crippen LogP contribution in [-0.4, -0.2) is 12.3 Å². The third-order valence-corrected chi connectivity index (χ3v) is 1.07. The average molecular weight is 189 g/mol. The van der Waals surface area contributed by atoms with Crippen molar-refractivity contribution in [2.45, 2.75) is 6.18 Å². The molecule has 0 unspecified atom stereocenters. The number of aliphatic imine (C=N–C) groups is 1. The van der Waals surface area contributed by atoms with Crippen LogP contribution in [0.15, 0.2) is 41.6 Å². The maximum Gasteiger partial charge on any atom is 0.415 e. The fourth-order valence-electron chi connectivity index (χ4n) is 0.450. The monoisotopic (exact) mass is 189 g/mol. The Labute approximate surface area is 72.8 Å². The number of carbonyl (C=O) groups excluding carboxylic acids is 1. The number of halogens is 3. The van der Waals surface area contributed by atoms with Gasteiger partial charge in [-0.05, 0) is 12.2 Å². The summed E-state index contributed by atoms with van der Waals surface area (Å²) in [5, 5.41) is 0. The molecule has 0 atom stereocenters. The van der Waals surface area contributed by atoms with Gasteiger partial charge < -0.3 is 0 Å². The second-order valence-corrected chi connectivity index (χ2v) is 2.00. The van der Waals surface area contributed by atoms with Crippen LogP contribution in [0.1, 0.15) is 0 Å². The fourth-order valence-corrected chi connectivity index (χ4v) is 0.450. The zero-order valence-electron chi connectivity index (χ0n) is 6.56. The molecule has 5 heteroatoms. The molecule has 0 amide bonds. The fraction of sp³-hybridized carbons (Fsp3) is 0.125. The Balaban J connectivity index is 4.82. The highest BCUT2D eigenvalue weighted by Gasteiger charge is 2.30. The van der Waals surface area contributed by atoms with Gasteiger partial charge >= 0.3 is 6.18 Å². The highest BCUT2D eigenvalue weighted by molar-refractivity contribution is 5.41. The van der Waals surface area contributed by atoms with Gasteiger partial charge in [0.2, 0.25) is 6.08 Å². The number of allylic oxidation sites excluding steroid dienone is 3. The number of isocyanates is 1. The van der Waals surface area contributed by atoms with Crippen molar-refractivity contribution in [3.8, 4) is 0 Å². The van der Waals surface area contributed by atoms with Crippen molar-refractivity contribution in [1.82, 2.24) is 0 Å². The van der Waals surface area contributed by atoms with Crippen LogP contribution in [0.25, 0.3) is 0 Å². The minimum atomic E-state index is -4.52. The zero-order valence-corrected chi connectivity index (χ0v) is 6.56. The molecule has 0 saturated carbocycles. The van der Waals surface area contributed by atoms with Gasteiger partial charge in [0, 0.05) is 0 Å². The molecular weight excluding hydrogens is 183 g/mol. The van der Waals surface area contributed by atoms with E-state index in [0.717, 1.165) is 12.2 Å². The lowest BCUT2D eigenvalue weighted by Crippen LogP contribution is -2.08. The predicted molar refractivity (Wildman–Crippen MR) is 41.6 cm³/mol. The summed E-state index contributed by atoms with van der Waals surface area (Å²) in [5.74, 6) is 0. The lowest BCUT2D eigenvalue weighted by molar-refractivity contribution is -0.0878. The van der Waals surface area contributed by atoms with Gasteiger partial charge in [-0.15, -0.1) is 0 Å². The minimum Gasteiger partial charge on any atom is -0.211 e. The van der Waals surface area contributed by atoms with Crippen LogP contribution < -0.4 is 0 Å². The van der Waals surface area contributed by atoms with Crippen molar-refractivity contribution in [1.29, 1.82) is 0 Å². The summed E-state index contributed by atoms with van der Waals surface area (Å²) < 4.78 is 35.6. The third kappa shape index (κ3) is 4.08. The van der Waals surface area contributed by atoms with Crippen molar-refractivity contribution in [3.63, 3.8) is 0 Å². The van der Waals surface area contributed by atoms with Crippen molar-refractivity contribution in [2.24, 2.45) is 4.99 Å². The van der Waals surface area contributed by atoms with E-state index in [0.29, 0.717) is 6.08 Å². The molecular formula is C8H6F3NO. The first-order valence-electron chi connectivity index (χ1n) is 3.10. The first-order chi connectivity index (χ1) is 5.91. The Morgan fingerprint density at radius 3 is 2.31 bits per heavy atom. The lowest BCUT2D eigenvalue weighted by atomic mass is 10.2. The molecule has 0 rings (SSSR count). The Morgan fingerprint density at radius 1 is 1.46 bits per heavy atom. The molecule has 0 radical (unpaired) electrons. The molecule has 0 N–H and O–H groups in total. The van der Waals surface area contributed by atoms with Crippen LogP contribution in [0.2, 0.25) is 0 Å². The molecule has 2 nitrogen and oxygen atoms in total. The maximum atomic E-state index is 11.9. The van der Waals surface area contributed by atoms with Gasteiger partial charge in [-0.1, -0.05) is 13.2 Å². The lowest BCUT2D eigenvalue weighted by Gasteiger charge is -2.04. The number of rotatable bonds is 3. The molecule has 70 valence electrons. The Hall–Kier alpha value is -1.61. The van der Waals surface area contributed by atoms with E-state index in [1.54, 1.807) is 0 Å². The Morgan fingerprint density at radius 2 is 2.00 bits per heavy atom. The highest BCUT2D eigenvalue weighted by atomic mass is 19.4. The Kier molecular flexibility index (Phi) is 3.88. The molecule has 0 heterocycles. The van der Waals surface area contributed by atoms with Crippen LogP contribution in [0, 0.1) is 0 Å². The van der Waals surface area contributed by atoms with Crippen LogP contribution in [0.4, 0.5) is 13.2 Å². The number of hydrogen-bond donors (Lipinski definition) is 0. The zero-order chi connectivity index (χ0) is 10.5. The van der Waals surface area contributed by atoms with Gasteiger partial charge in [0.15, 0.2) is 0 Å². The highest BCUT2D eigenvalue weighted by Crippen LogP contribution is 2.25. The van der Waals surface area contributed by atoms with Crippen molar-refractivity contribution in [3.05, 3.63) is 36.6 Å². The average Bonchev–Trinajstić information content (AvgIpc) is 2.01. The molecule has 0 aliphatic rings. The third-order valence-electron chi connectivity index (χ3n) is 1.07. The van der Waals surface area contributed by atoms with Gasteiger partial charge in [0.05, 0.1) is 11.3 Å². The van der Waals surface area contributed by atoms with Crippen LogP contribution in [0.5, 0.6) is 0 Å². The standard InChI is InChI=1S/C8H6F3NO/c1-3-7(12-5-13)4-6(2)8(9,10)11/h3-4H,1-2H2/b7-4+. The molecule has 0 spiro atoms. The van der Waals surface area contributed by atoms with E-state index in [9.17, 15) is 18.0 Å². The minimum absolute atomic E-state index is 0.225.